The van der Waals surface area contributed by atoms with Gasteiger partial charge < -0.3 is 4.42 Å². The summed E-state index contributed by atoms with van der Waals surface area (Å²) in [6.45, 7) is 0.761. The fraction of sp³-hybridized carbons (Fsp3) is 0.533. The van der Waals surface area contributed by atoms with Gasteiger partial charge in [0.15, 0.2) is 5.58 Å². The first kappa shape index (κ1) is 14.1. The molecule has 0 radical (unpaired) electrons. The van der Waals surface area contributed by atoms with Crippen LogP contribution < -0.4 is 0 Å². The van der Waals surface area contributed by atoms with Gasteiger partial charge in [0, 0.05) is 11.1 Å². The third kappa shape index (κ3) is 2.78. The largest absolute Gasteiger partial charge is 0.429 e. The van der Waals surface area contributed by atoms with Gasteiger partial charge in [-0.1, -0.05) is 30.9 Å². The molecule has 0 atom stereocenters. The first-order valence-corrected chi connectivity index (χ1v) is 7.93. The Morgan fingerprint density at radius 2 is 2.10 bits per heavy atom. The van der Waals surface area contributed by atoms with Crippen LogP contribution in [0.15, 0.2) is 22.6 Å². The highest BCUT2D eigenvalue weighted by Crippen LogP contribution is 2.25. The number of fused-ring (bicyclic) bond motifs is 1. The number of nitrogens with zero attached hydrogens (tertiary/aromatic N) is 2. The summed E-state index contributed by atoms with van der Waals surface area (Å²) in [5.41, 5.74) is 1.78. The summed E-state index contributed by atoms with van der Waals surface area (Å²) in [7, 11) is 2.17. The van der Waals surface area contributed by atoms with Gasteiger partial charge in [-0.25, -0.2) is 0 Å². The number of hydrogen-bond donors (Lipinski definition) is 0. The van der Waals surface area contributed by atoms with Crippen LogP contribution in [0.5, 0.6) is 0 Å². The second-order valence-corrected chi connectivity index (χ2v) is 6.38. The number of halogens is 1. The van der Waals surface area contributed by atoms with Crippen LogP contribution in [0.25, 0.3) is 11.1 Å². The molecule has 0 N–H and O–H groups in total. The molecule has 1 fully saturated rings. The molecule has 3 nitrogen and oxygen atoms in total. The zero-order chi connectivity index (χ0) is 14.1. The van der Waals surface area contributed by atoms with Gasteiger partial charge >= 0.3 is 0 Å². The lowest BCUT2D eigenvalue weighted by Gasteiger charge is -2.31. The molecule has 0 saturated heterocycles. The fourth-order valence-corrected chi connectivity index (χ4v) is 3.44. The Hall–Kier alpha value is -0.840. The van der Waals surface area contributed by atoms with Crippen LogP contribution in [0.4, 0.5) is 0 Å². The first-order chi connectivity index (χ1) is 9.65. The lowest BCUT2D eigenvalue weighted by Crippen LogP contribution is -2.34. The maximum Gasteiger partial charge on any atom is 0.270 e. The van der Waals surface area contributed by atoms with E-state index in [2.05, 4.69) is 11.9 Å². The molecular formula is C15H19ClN2OS. The normalized spacial score (nSPS) is 17.1. The summed E-state index contributed by atoms with van der Waals surface area (Å²) in [4.78, 5) is 2.90. The topological polar surface area (TPSA) is 21.3 Å². The molecule has 0 bridgehead atoms. The van der Waals surface area contributed by atoms with E-state index >= 15 is 0 Å². The quantitative estimate of drug-likeness (QED) is 0.757. The van der Waals surface area contributed by atoms with Crippen LogP contribution in [0.2, 0.25) is 5.02 Å². The Bertz CT molecular complexity index is 657. The summed E-state index contributed by atoms with van der Waals surface area (Å²) < 4.78 is 7.67. The Balaban J connectivity index is 1.88. The van der Waals surface area contributed by atoms with E-state index in [4.69, 9.17) is 28.2 Å². The van der Waals surface area contributed by atoms with E-state index in [1.54, 1.807) is 0 Å². The Morgan fingerprint density at radius 3 is 2.85 bits per heavy atom. The van der Waals surface area contributed by atoms with Crippen LogP contribution in [-0.2, 0) is 6.67 Å². The molecule has 3 rings (SSSR count). The summed E-state index contributed by atoms with van der Waals surface area (Å²) >= 11 is 11.4. The third-order valence-corrected chi connectivity index (χ3v) is 4.73. The number of hydrogen-bond acceptors (Lipinski definition) is 3. The van der Waals surface area contributed by atoms with Gasteiger partial charge in [-0.15, -0.1) is 0 Å². The summed E-state index contributed by atoms with van der Waals surface area (Å²) in [5, 5.41) is 0.711. The van der Waals surface area contributed by atoms with Crippen molar-refractivity contribution in [1.29, 1.82) is 0 Å². The highest BCUT2D eigenvalue weighted by Gasteiger charge is 2.19. The van der Waals surface area contributed by atoms with Crippen molar-refractivity contribution < 1.29 is 4.42 Å². The average molecular weight is 311 g/mol. The van der Waals surface area contributed by atoms with E-state index < -0.39 is 0 Å². The Morgan fingerprint density at radius 1 is 1.35 bits per heavy atom. The molecule has 0 aliphatic heterocycles. The van der Waals surface area contributed by atoms with Gasteiger partial charge in [0.1, 0.15) is 0 Å². The molecule has 0 amide bonds. The van der Waals surface area contributed by atoms with Crippen molar-refractivity contribution in [1.82, 2.24) is 9.47 Å². The molecule has 1 aliphatic rings. The smallest absolute Gasteiger partial charge is 0.270 e. The van der Waals surface area contributed by atoms with Crippen molar-refractivity contribution in [3.05, 3.63) is 28.1 Å². The number of benzene rings is 1. The van der Waals surface area contributed by atoms with Gasteiger partial charge in [0.2, 0.25) is 0 Å². The van der Waals surface area contributed by atoms with Crippen LogP contribution in [0.1, 0.15) is 32.1 Å². The van der Waals surface area contributed by atoms with Gasteiger partial charge in [0.25, 0.3) is 4.84 Å². The van der Waals surface area contributed by atoms with Crippen LogP contribution in [0.3, 0.4) is 0 Å². The molecule has 2 aromatic rings. The van der Waals surface area contributed by atoms with E-state index in [9.17, 15) is 0 Å². The van der Waals surface area contributed by atoms with Gasteiger partial charge in [0.05, 0.1) is 12.2 Å². The molecule has 1 aromatic heterocycles. The molecule has 1 saturated carbocycles. The van der Waals surface area contributed by atoms with E-state index in [-0.39, 0.29) is 0 Å². The molecule has 1 heterocycles. The number of aromatic nitrogens is 1. The number of oxazole rings is 1. The monoisotopic (exact) mass is 310 g/mol. The maximum atomic E-state index is 6.08. The predicted octanol–water partition coefficient (Wildman–Crippen LogP) is 4.84. The van der Waals surface area contributed by atoms with Crippen molar-refractivity contribution in [2.45, 2.75) is 44.8 Å². The van der Waals surface area contributed by atoms with Gasteiger partial charge in [-0.2, -0.15) is 0 Å². The van der Waals surface area contributed by atoms with E-state index in [0.29, 0.717) is 15.9 Å². The molecule has 0 spiro atoms. The molecule has 20 heavy (non-hydrogen) atoms. The van der Waals surface area contributed by atoms with Crippen molar-refractivity contribution in [2.24, 2.45) is 0 Å². The molecule has 1 aliphatic carbocycles. The molecule has 0 unspecified atom stereocenters. The minimum absolute atomic E-state index is 0.518. The Labute approximate surface area is 129 Å². The molecule has 1 aromatic carbocycles. The molecule has 5 heteroatoms. The second kappa shape index (κ2) is 5.88. The maximum absolute atomic E-state index is 6.08. The first-order valence-electron chi connectivity index (χ1n) is 7.14. The highest BCUT2D eigenvalue weighted by molar-refractivity contribution is 7.71. The van der Waals surface area contributed by atoms with Crippen molar-refractivity contribution in [3.63, 3.8) is 0 Å². The van der Waals surface area contributed by atoms with Crippen molar-refractivity contribution >= 4 is 34.9 Å². The van der Waals surface area contributed by atoms with E-state index in [1.807, 2.05) is 22.8 Å². The predicted molar refractivity (Wildman–Crippen MR) is 84.7 cm³/mol. The van der Waals surface area contributed by atoms with Crippen LogP contribution in [0, 0.1) is 4.84 Å². The van der Waals surface area contributed by atoms with Crippen LogP contribution in [-0.4, -0.2) is 22.6 Å². The lowest BCUT2D eigenvalue weighted by molar-refractivity contribution is 0.153. The summed E-state index contributed by atoms with van der Waals surface area (Å²) in [6.07, 6.45) is 6.59. The SMILES string of the molecule is CN(Cn1c(=S)oc2ccc(Cl)cc21)C1CCCCC1. The lowest BCUT2D eigenvalue weighted by atomic mass is 9.95. The zero-order valence-corrected chi connectivity index (χ0v) is 13.2. The van der Waals surface area contributed by atoms with E-state index in [1.165, 1.54) is 32.1 Å². The third-order valence-electron chi connectivity index (χ3n) is 4.19. The average Bonchev–Trinajstić information content (AvgIpc) is 2.76. The number of rotatable bonds is 3. The minimum atomic E-state index is 0.518. The van der Waals surface area contributed by atoms with Crippen LogP contribution >= 0.6 is 23.8 Å². The standard InChI is InChI=1S/C15H19ClN2OS/c1-17(12-5-3-2-4-6-12)10-18-13-9-11(16)7-8-14(13)19-15(18)20/h7-9,12H,2-6,10H2,1H3. The molecule has 108 valence electrons. The summed E-state index contributed by atoms with van der Waals surface area (Å²) in [6, 6.07) is 6.28. The fourth-order valence-electron chi connectivity index (χ4n) is 3.03. The Kier molecular flexibility index (Phi) is 4.15. The zero-order valence-electron chi connectivity index (χ0n) is 11.6. The minimum Gasteiger partial charge on any atom is -0.429 e. The van der Waals surface area contributed by atoms with Crippen molar-refractivity contribution in [3.8, 4) is 0 Å². The van der Waals surface area contributed by atoms with E-state index in [0.717, 1.165) is 17.8 Å². The van der Waals surface area contributed by atoms with Gasteiger partial charge in [-0.05, 0) is 50.3 Å². The second-order valence-electron chi connectivity index (χ2n) is 5.60. The highest BCUT2D eigenvalue weighted by atomic mass is 35.5. The molecular weight excluding hydrogens is 292 g/mol. The van der Waals surface area contributed by atoms with Gasteiger partial charge in [-0.3, -0.25) is 9.47 Å². The summed E-state index contributed by atoms with van der Waals surface area (Å²) in [5.74, 6) is 0. The van der Waals surface area contributed by atoms with Crippen molar-refractivity contribution in [2.75, 3.05) is 7.05 Å².